The van der Waals surface area contributed by atoms with Gasteiger partial charge in [-0.2, -0.15) is 0 Å². The number of carbonyl (C=O) groups is 2. The molecule has 0 saturated carbocycles. The van der Waals surface area contributed by atoms with E-state index in [1.54, 1.807) is 0 Å². The first-order chi connectivity index (χ1) is 7.99. The molecule has 0 radical (unpaired) electrons. The van der Waals surface area contributed by atoms with E-state index in [1.165, 1.54) is 0 Å². The van der Waals surface area contributed by atoms with Gasteiger partial charge >= 0.3 is 11.9 Å². The molecule has 0 unspecified atom stereocenters. The average molecular weight is 243 g/mol. The van der Waals surface area contributed by atoms with Crippen LogP contribution in [0.5, 0.6) is 0 Å². The fourth-order valence-electron chi connectivity index (χ4n) is 1.10. The Bertz CT molecular complexity index is 333. The smallest absolute Gasteiger partial charge is 0.340 e. The Morgan fingerprint density at radius 2 is 1.82 bits per heavy atom. The number of hydrogen-bond donors (Lipinski definition) is 3. The van der Waals surface area contributed by atoms with Gasteiger partial charge in [-0.05, 0) is 6.42 Å². The highest BCUT2D eigenvalue weighted by Gasteiger charge is 2.14. The van der Waals surface area contributed by atoms with Crippen LogP contribution in [0.15, 0.2) is 16.3 Å². The normalized spacial score (nSPS) is 12.5. The second kappa shape index (κ2) is 8.32. The van der Waals surface area contributed by atoms with E-state index in [4.69, 9.17) is 10.2 Å². The molecule has 0 rings (SSSR count). The molecular weight excluding hydrogens is 226 g/mol. The van der Waals surface area contributed by atoms with Crippen LogP contribution >= 0.6 is 0 Å². The number of hydrogen-bond acceptors (Lipinski definition) is 4. The summed E-state index contributed by atoms with van der Waals surface area (Å²) in [6.45, 7) is 2.50. The van der Waals surface area contributed by atoms with Gasteiger partial charge in [0.2, 0.25) is 0 Å². The molecule has 0 heterocycles. The first-order valence-electron chi connectivity index (χ1n) is 5.36. The molecule has 0 spiro atoms. The molecule has 6 nitrogen and oxygen atoms in total. The van der Waals surface area contributed by atoms with Crippen molar-refractivity contribution in [3.05, 3.63) is 11.3 Å². The molecule has 96 valence electrons. The summed E-state index contributed by atoms with van der Waals surface area (Å²) in [5, 5.41) is 26.5. The monoisotopic (exact) mass is 243 g/mol. The largest absolute Gasteiger partial charge is 0.511 e. The van der Waals surface area contributed by atoms with Gasteiger partial charge in [0.05, 0.1) is 0 Å². The van der Waals surface area contributed by atoms with Crippen molar-refractivity contribution in [1.82, 2.24) is 0 Å². The zero-order chi connectivity index (χ0) is 13.3. The van der Waals surface area contributed by atoms with Crippen molar-refractivity contribution in [3.63, 3.8) is 0 Å². The lowest BCUT2D eigenvalue weighted by Crippen LogP contribution is -2.09. The van der Waals surface area contributed by atoms with Gasteiger partial charge in [-0.15, -0.1) is 0 Å². The molecule has 0 amide bonds. The van der Waals surface area contributed by atoms with Crippen LogP contribution in [0.2, 0.25) is 0 Å². The molecule has 0 bridgehead atoms. The predicted molar refractivity (Wildman–Crippen MR) is 62.4 cm³/mol. The Kier molecular flexibility index (Phi) is 7.41. The van der Waals surface area contributed by atoms with Gasteiger partial charge in [0, 0.05) is 12.8 Å². The minimum absolute atomic E-state index is 0.463. The highest BCUT2D eigenvalue weighted by atomic mass is 16.4. The van der Waals surface area contributed by atoms with E-state index in [2.05, 4.69) is 4.99 Å². The molecule has 17 heavy (non-hydrogen) atoms. The van der Waals surface area contributed by atoms with Crippen LogP contribution in [0.1, 0.15) is 32.6 Å². The van der Waals surface area contributed by atoms with E-state index >= 15 is 0 Å². The van der Waals surface area contributed by atoms with Crippen LogP contribution in [-0.4, -0.2) is 40.0 Å². The second-order valence-electron chi connectivity index (χ2n) is 3.48. The first-order valence-corrected chi connectivity index (χ1v) is 5.36. The zero-order valence-corrected chi connectivity index (χ0v) is 9.72. The number of nitrogens with zero attached hydrogens (tertiary/aromatic N) is 1. The lowest BCUT2D eigenvalue weighted by atomic mass is 10.2. The van der Waals surface area contributed by atoms with Crippen molar-refractivity contribution in [2.45, 2.75) is 32.6 Å². The third kappa shape index (κ3) is 7.10. The quantitative estimate of drug-likeness (QED) is 0.260. The second-order valence-corrected chi connectivity index (χ2v) is 3.48. The summed E-state index contributed by atoms with van der Waals surface area (Å²) in [6.07, 6.45) is 3.14. The summed E-state index contributed by atoms with van der Waals surface area (Å²) in [5.41, 5.74) is -0.469. The maximum absolute atomic E-state index is 10.7. The van der Waals surface area contributed by atoms with Crippen LogP contribution < -0.4 is 0 Å². The minimum atomic E-state index is -1.39. The Labute approximate surface area is 99.3 Å². The van der Waals surface area contributed by atoms with Crippen molar-refractivity contribution in [1.29, 1.82) is 0 Å². The molecule has 0 aromatic carbocycles. The Balaban J connectivity index is 4.53. The van der Waals surface area contributed by atoms with E-state index in [-0.39, 0.29) is 0 Å². The molecule has 0 aromatic rings. The molecule has 3 N–H and O–H groups in total. The molecule has 0 aliphatic carbocycles. The third-order valence-electron chi connectivity index (χ3n) is 1.97. The molecule has 0 saturated heterocycles. The first kappa shape index (κ1) is 15.2. The fraction of sp³-hybridized carbons (Fsp3) is 0.545. The average Bonchev–Trinajstić information content (AvgIpc) is 2.21. The molecular formula is C11H17NO5. The SMILES string of the molecule is CCCCCN=CC(C(=O)O)=C(O)CC(=O)O. The summed E-state index contributed by atoms with van der Waals surface area (Å²) in [6, 6.07) is 0. The van der Waals surface area contributed by atoms with Crippen LogP contribution in [0, 0.1) is 0 Å². The Morgan fingerprint density at radius 1 is 1.18 bits per heavy atom. The number of unbranched alkanes of at least 4 members (excludes halogenated alkanes) is 2. The van der Waals surface area contributed by atoms with Gasteiger partial charge in [-0.3, -0.25) is 9.79 Å². The lowest BCUT2D eigenvalue weighted by Gasteiger charge is -2.00. The van der Waals surface area contributed by atoms with E-state index in [1.807, 2.05) is 6.92 Å². The standard InChI is InChI=1S/C11H17NO5/c1-2-3-4-5-12-7-8(11(16)17)9(13)6-10(14)15/h7,13H,2-6H2,1H3,(H,14,15)(H,16,17). The van der Waals surface area contributed by atoms with Gasteiger partial charge in [-0.25, -0.2) is 4.79 Å². The van der Waals surface area contributed by atoms with Gasteiger partial charge in [0.1, 0.15) is 17.8 Å². The molecule has 0 aliphatic heterocycles. The van der Waals surface area contributed by atoms with Gasteiger partial charge in [0.15, 0.2) is 0 Å². The van der Waals surface area contributed by atoms with Gasteiger partial charge in [0.25, 0.3) is 0 Å². The van der Waals surface area contributed by atoms with E-state index in [9.17, 15) is 14.7 Å². The van der Waals surface area contributed by atoms with Crippen molar-refractivity contribution in [2.75, 3.05) is 6.54 Å². The van der Waals surface area contributed by atoms with E-state index in [0.717, 1.165) is 25.5 Å². The van der Waals surface area contributed by atoms with Crippen molar-refractivity contribution >= 4 is 18.2 Å². The van der Waals surface area contributed by atoms with Crippen LogP contribution in [-0.2, 0) is 9.59 Å². The molecule has 0 aliphatic rings. The topological polar surface area (TPSA) is 107 Å². The summed E-state index contributed by atoms with van der Waals surface area (Å²) in [5.74, 6) is -3.37. The highest BCUT2D eigenvalue weighted by molar-refractivity contribution is 6.09. The molecule has 0 aromatic heterocycles. The minimum Gasteiger partial charge on any atom is -0.511 e. The zero-order valence-electron chi connectivity index (χ0n) is 9.72. The van der Waals surface area contributed by atoms with Crippen LogP contribution in [0.3, 0.4) is 0 Å². The van der Waals surface area contributed by atoms with Crippen molar-refractivity contribution < 1.29 is 24.9 Å². The van der Waals surface area contributed by atoms with E-state index in [0.29, 0.717) is 6.54 Å². The number of aliphatic hydroxyl groups is 1. The Morgan fingerprint density at radius 3 is 2.29 bits per heavy atom. The number of aliphatic hydroxyl groups excluding tert-OH is 1. The van der Waals surface area contributed by atoms with Crippen molar-refractivity contribution in [2.24, 2.45) is 4.99 Å². The number of aliphatic carboxylic acids is 2. The third-order valence-corrected chi connectivity index (χ3v) is 1.97. The predicted octanol–water partition coefficient (Wildman–Crippen LogP) is 1.62. The molecule has 6 heteroatoms. The van der Waals surface area contributed by atoms with Crippen molar-refractivity contribution in [3.8, 4) is 0 Å². The number of rotatable bonds is 8. The maximum atomic E-state index is 10.7. The van der Waals surface area contributed by atoms with Gasteiger partial charge in [-0.1, -0.05) is 19.8 Å². The van der Waals surface area contributed by atoms with Crippen LogP contribution in [0.25, 0.3) is 0 Å². The van der Waals surface area contributed by atoms with E-state index < -0.39 is 29.7 Å². The Hall–Kier alpha value is -1.85. The molecule has 0 fully saturated rings. The summed E-state index contributed by atoms with van der Waals surface area (Å²) >= 11 is 0. The number of aliphatic imine (C=N–C) groups is 1. The maximum Gasteiger partial charge on any atom is 0.340 e. The number of carboxylic acids is 2. The summed E-state index contributed by atoms with van der Waals surface area (Å²) < 4.78 is 0. The fourth-order valence-corrected chi connectivity index (χ4v) is 1.10. The van der Waals surface area contributed by atoms with Gasteiger partial charge < -0.3 is 15.3 Å². The summed E-state index contributed by atoms with van der Waals surface area (Å²) in [7, 11) is 0. The summed E-state index contributed by atoms with van der Waals surface area (Å²) in [4.78, 5) is 24.9. The highest BCUT2D eigenvalue weighted by Crippen LogP contribution is 2.05. The molecule has 0 atom stereocenters. The van der Waals surface area contributed by atoms with Crippen LogP contribution in [0.4, 0.5) is 0 Å². The number of carboxylic acid groups (broad SMARTS) is 2. The lowest BCUT2D eigenvalue weighted by molar-refractivity contribution is -0.136.